The van der Waals surface area contributed by atoms with Crippen LogP contribution in [-0.2, 0) is 21.4 Å². The third kappa shape index (κ3) is 3.80. The number of hydrogen-bond acceptors (Lipinski definition) is 4. The van der Waals surface area contributed by atoms with Crippen LogP contribution >= 0.6 is 0 Å². The lowest BCUT2D eigenvalue weighted by atomic mass is 10.3. The van der Waals surface area contributed by atoms with Gasteiger partial charge >= 0.3 is 5.97 Å². The molecule has 8 heteroatoms. The molecule has 1 aromatic heterocycles. The van der Waals surface area contributed by atoms with Gasteiger partial charge in [-0.05, 0) is 13.3 Å². The fourth-order valence-electron chi connectivity index (χ4n) is 1.87. The molecular formula is C12H21N3O4S. The van der Waals surface area contributed by atoms with Crippen LogP contribution in [0.2, 0.25) is 0 Å². The molecule has 1 atom stereocenters. The molecule has 0 aromatic carbocycles. The number of rotatable bonds is 8. The molecule has 0 aliphatic rings. The standard InChI is InChI=1S/C12H21N3O4S/c1-4-10(3)15(5-2)20(18,19)11-8-13-14(9-11)7-6-12(16)17/h8-10H,4-7H2,1-3H3,(H,16,17). The largest absolute Gasteiger partial charge is 0.481 e. The van der Waals surface area contributed by atoms with Crippen molar-refractivity contribution in [2.75, 3.05) is 6.54 Å². The van der Waals surface area contributed by atoms with Gasteiger partial charge in [-0.1, -0.05) is 13.8 Å². The maximum absolute atomic E-state index is 12.5. The molecule has 1 N–H and O–H groups in total. The van der Waals surface area contributed by atoms with Crippen molar-refractivity contribution in [1.29, 1.82) is 0 Å². The first-order valence-electron chi connectivity index (χ1n) is 6.59. The van der Waals surface area contributed by atoms with E-state index in [1.807, 2.05) is 13.8 Å². The Bertz CT molecular complexity index is 553. The Morgan fingerprint density at radius 3 is 2.65 bits per heavy atom. The average Bonchev–Trinajstić information content (AvgIpc) is 2.86. The van der Waals surface area contributed by atoms with Gasteiger partial charge in [0, 0.05) is 18.8 Å². The fourth-order valence-corrected chi connectivity index (χ4v) is 3.54. The molecule has 0 bridgehead atoms. The summed E-state index contributed by atoms with van der Waals surface area (Å²) in [6.07, 6.45) is 3.27. The highest BCUT2D eigenvalue weighted by Gasteiger charge is 2.28. The summed E-state index contributed by atoms with van der Waals surface area (Å²) in [4.78, 5) is 10.6. The second kappa shape index (κ2) is 6.85. The van der Waals surface area contributed by atoms with Gasteiger partial charge in [0.25, 0.3) is 0 Å². The molecule has 1 aromatic rings. The number of carboxylic acids is 1. The van der Waals surface area contributed by atoms with E-state index >= 15 is 0 Å². The molecule has 0 saturated carbocycles. The maximum atomic E-state index is 12.5. The Labute approximate surface area is 119 Å². The molecule has 1 rings (SSSR count). The summed E-state index contributed by atoms with van der Waals surface area (Å²) in [6, 6.07) is -0.0904. The summed E-state index contributed by atoms with van der Waals surface area (Å²) in [7, 11) is -3.58. The van der Waals surface area contributed by atoms with Gasteiger partial charge in [0.05, 0.1) is 19.2 Å². The quantitative estimate of drug-likeness (QED) is 0.778. The monoisotopic (exact) mass is 303 g/mol. The van der Waals surface area contributed by atoms with Crippen molar-refractivity contribution in [2.45, 2.75) is 51.1 Å². The topological polar surface area (TPSA) is 92.5 Å². The van der Waals surface area contributed by atoms with Gasteiger partial charge in [-0.2, -0.15) is 9.40 Å². The van der Waals surface area contributed by atoms with Crippen molar-refractivity contribution in [1.82, 2.24) is 14.1 Å². The number of carboxylic acid groups (broad SMARTS) is 1. The van der Waals surface area contributed by atoms with Gasteiger partial charge in [0.15, 0.2) is 0 Å². The summed E-state index contributed by atoms with van der Waals surface area (Å²) < 4.78 is 27.7. The second-order valence-corrected chi connectivity index (χ2v) is 6.44. The summed E-state index contributed by atoms with van der Waals surface area (Å²) >= 11 is 0. The van der Waals surface area contributed by atoms with E-state index in [9.17, 15) is 13.2 Å². The molecule has 0 radical (unpaired) electrons. The number of aliphatic carboxylic acids is 1. The van der Waals surface area contributed by atoms with E-state index in [0.717, 1.165) is 6.42 Å². The minimum absolute atomic E-state index is 0.0904. The summed E-state index contributed by atoms with van der Waals surface area (Å²) in [5.74, 6) is -0.945. The number of hydrogen-bond donors (Lipinski definition) is 1. The van der Waals surface area contributed by atoms with Crippen molar-refractivity contribution < 1.29 is 18.3 Å². The molecule has 0 saturated heterocycles. The molecule has 1 unspecified atom stereocenters. The summed E-state index contributed by atoms with van der Waals surface area (Å²) in [5, 5.41) is 12.5. The third-order valence-electron chi connectivity index (χ3n) is 3.17. The Kier molecular flexibility index (Phi) is 5.70. The Hall–Kier alpha value is -1.41. The van der Waals surface area contributed by atoms with Gasteiger partial charge in [-0.25, -0.2) is 8.42 Å². The zero-order valence-corrected chi connectivity index (χ0v) is 12.8. The van der Waals surface area contributed by atoms with Gasteiger partial charge < -0.3 is 5.11 Å². The number of sulfonamides is 1. The second-order valence-electron chi connectivity index (χ2n) is 4.55. The molecule has 0 aliphatic heterocycles. The van der Waals surface area contributed by atoms with Crippen molar-refractivity contribution in [3.8, 4) is 0 Å². The maximum Gasteiger partial charge on any atom is 0.305 e. The first-order valence-corrected chi connectivity index (χ1v) is 8.03. The first-order chi connectivity index (χ1) is 9.32. The molecule has 0 fully saturated rings. The lowest BCUT2D eigenvalue weighted by molar-refractivity contribution is -0.137. The average molecular weight is 303 g/mol. The lowest BCUT2D eigenvalue weighted by Crippen LogP contribution is -2.37. The zero-order chi connectivity index (χ0) is 15.3. The van der Waals surface area contributed by atoms with Crippen molar-refractivity contribution >= 4 is 16.0 Å². The minimum atomic E-state index is -3.58. The number of nitrogens with zero attached hydrogens (tertiary/aromatic N) is 3. The molecule has 0 amide bonds. The predicted molar refractivity (Wildman–Crippen MR) is 73.8 cm³/mol. The van der Waals surface area contributed by atoms with Gasteiger partial charge in [0.1, 0.15) is 4.90 Å². The fraction of sp³-hybridized carbons (Fsp3) is 0.667. The Morgan fingerprint density at radius 1 is 1.50 bits per heavy atom. The Morgan fingerprint density at radius 2 is 2.15 bits per heavy atom. The van der Waals surface area contributed by atoms with Crippen LogP contribution in [-0.4, -0.2) is 46.2 Å². The highest BCUT2D eigenvalue weighted by molar-refractivity contribution is 7.89. The molecule has 20 heavy (non-hydrogen) atoms. The highest BCUT2D eigenvalue weighted by atomic mass is 32.2. The number of aromatic nitrogens is 2. The van der Waals surface area contributed by atoms with Gasteiger partial charge in [-0.3, -0.25) is 9.48 Å². The van der Waals surface area contributed by atoms with Crippen molar-refractivity contribution in [3.63, 3.8) is 0 Å². The third-order valence-corrected chi connectivity index (χ3v) is 5.21. The lowest BCUT2D eigenvalue weighted by Gasteiger charge is -2.25. The summed E-state index contributed by atoms with van der Waals surface area (Å²) in [6.45, 7) is 6.12. The number of aryl methyl sites for hydroxylation is 1. The first kappa shape index (κ1) is 16.6. The predicted octanol–water partition coefficient (Wildman–Crippen LogP) is 1.17. The SMILES string of the molecule is CCC(C)N(CC)S(=O)(=O)c1cnn(CCC(=O)O)c1. The minimum Gasteiger partial charge on any atom is -0.481 e. The van der Waals surface area contributed by atoms with Gasteiger partial charge in [-0.15, -0.1) is 0 Å². The van der Waals surface area contributed by atoms with Crippen LogP contribution in [0.3, 0.4) is 0 Å². The summed E-state index contributed by atoms with van der Waals surface area (Å²) in [5.41, 5.74) is 0. The van der Waals surface area contributed by atoms with Crippen LogP contribution in [0.5, 0.6) is 0 Å². The van der Waals surface area contributed by atoms with E-state index in [0.29, 0.717) is 6.54 Å². The van der Waals surface area contributed by atoms with Crippen molar-refractivity contribution in [3.05, 3.63) is 12.4 Å². The molecular weight excluding hydrogens is 282 g/mol. The van der Waals surface area contributed by atoms with E-state index < -0.39 is 16.0 Å². The zero-order valence-electron chi connectivity index (χ0n) is 12.0. The molecule has 0 spiro atoms. The van der Waals surface area contributed by atoms with Crippen LogP contribution in [0.25, 0.3) is 0 Å². The van der Waals surface area contributed by atoms with Crippen molar-refractivity contribution in [2.24, 2.45) is 0 Å². The van der Waals surface area contributed by atoms with Crippen LogP contribution in [0.15, 0.2) is 17.3 Å². The van der Waals surface area contributed by atoms with Crippen LogP contribution in [0.4, 0.5) is 0 Å². The normalized spacial score (nSPS) is 13.6. The highest BCUT2D eigenvalue weighted by Crippen LogP contribution is 2.18. The molecule has 114 valence electrons. The van der Waals surface area contributed by atoms with E-state index in [1.165, 1.54) is 21.4 Å². The molecule has 0 aliphatic carbocycles. The van der Waals surface area contributed by atoms with E-state index in [4.69, 9.17) is 5.11 Å². The van der Waals surface area contributed by atoms with E-state index in [2.05, 4.69) is 5.10 Å². The van der Waals surface area contributed by atoms with Gasteiger partial charge in [0.2, 0.25) is 10.0 Å². The van der Waals surface area contributed by atoms with E-state index in [1.54, 1.807) is 6.92 Å². The van der Waals surface area contributed by atoms with Crippen LogP contribution < -0.4 is 0 Å². The number of carbonyl (C=O) groups is 1. The molecule has 7 nitrogen and oxygen atoms in total. The molecule has 1 heterocycles. The van der Waals surface area contributed by atoms with E-state index in [-0.39, 0.29) is 23.9 Å². The van der Waals surface area contributed by atoms with Crippen LogP contribution in [0, 0.1) is 0 Å². The smallest absolute Gasteiger partial charge is 0.305 e. The van der Waals surface area contributed by atoms with Crippen LogP contribution in [0.1, 0.15) is 33.6 Å². The Balaban J connectivity index is 2.95.